The van der Waals surface area contributed by atoms with Crippen molar-refractivity contribution in [1.82, 2.24) is 10.2 Å². The summed E-state index contributed by atoms with van der Waals surface area (Å²) in [5.41, 5.74) is 2.42. The second kappa shape index (κ2) is 12.3. The molecule has 0 radical (unpaired) electrons. The summed E-state index contributed by atoms with van der Waals surface area (Å²) in [6, 6.07) is 5.34. The van der Waals surface area contributed by atoms with Crippen LogP contribution >= 0.6 is 23.8 Å². The standard InChI is InChI=1S/C24H35ClN2O2S/c1-5-7-8-9-10-11-12-15-29-19-13-14-20(21(25)16-19)23-22(18(4)28)17(3)27(6-2)24(30)26-23/h13-14,16,23H,5-12,15H2,1-4H3,(H,26,30). The number of carbonyl (C=O) groups is 1. The van der Waals surface area contributed by atoms with Gasteiger partial charge >= 0.3 is 0 Å². The third-order valence-corrected chi connectivity index (χ3v) is 6.26. The highest BCUT2D eigenvalue weighted by Gasteiger charge is 2.32. The van der Waals surface area contributed by atoms with E-state index in [1.807, 2.05) is 36.9 Å². The van der Waals surface area contributed by atoms with Crippen molar-refractivity contribution in [3.05, 3.63) is 40.1 Å². The summed E-state index contributed by atoms with van der Waals surface area (Å²) in [7, 11) is 0. The van der Waals surface area contributed by atoms with Crippen LogP contribution in [0.25, 0.3) is 0 Å². The average molecular weight is 451 g/mol. The summed E-state index contributed by atoms with van der Waals surface area (Å²) >= 11 is 12.1. The number of hydrogen-bond donors (Lipinski definition) is 1. The Bertz CT molecular complexity index is 778. The van der Waals surface area contributed by atoms with E-state index in [0.717, 1.165) is 23.4 Å². The van der Waals surface area contributed by atoms with Gasteiger partial charge in [-0.2, -0.15) is 0 Å². The number of carbonyl (C=O) groups excluding carboxylic acids is 1. The third-order valence-electron chi connectivity index (χ3n) is 5.59. The van der Waals surface area contributed by atoms with E-state index in [-0.39, 0.29) is 11.8 Å². The molecule has 1 aromatic carbocycles. The first-order valence-electron chi connectivity index (χ1n) is 11.1. The molecule has 1 aromatic rings. The first-order valence-corrected chi connectivity index (χ1v) is 11.9. The Balaban J connectivity index is 2.01. The molecule has 166 valence electrons. The zero-order valence-electron chi connectivity index (χ0n) is 18.7. The summed E-state index contributed by atoms with van der Waals surface area (Å²) in [4.78, 5) is 14.3. The quantitative estimate of drug-likeness (QED) is 0.287. The van der Waals surface area contributed by atoms with Crippen molar-refractivity contribution in [1.29, 1.82) is 0 Å². The lowest BCUT2D eigenvalue weighted by Crippen LogP contribution is -2.47. The van der Waals surface area contributed by atoms with Crippen LogP contribution in [-0.2, 0) is 4.79 Å². The van der Waals surface area contributed by atoms with Gasteiger partial charge in [-0.25, -0.2) is 0 Å². The van der Waals surface area contributed by atoms with E-state index >= 15 is 0 Å². The Morgan fingerprint density at radius 3 is 2.43 bits per heavy atom. The summed E-state index contributed by atoms with van der Waals surface area (Å²) in [5.74, 6) is 0.773. The van der Waals surface area contributed by atoms with Gasteiger partial charge in [-0.05, 0) is 57.1 Å². The minimum Gasteiger partial charge on any atom is -0.494 e. The van der Waals surface area contributed by atoms with Crippen LogP contribution in [0.3, 0.4) is 0 Å². The molecule has 0 bridgehead atoms. The average Bonchev–Trinajstić information content (AvgIpc) is 2.69. The topological polar surface area (TPSA) is 41.6 Å². The van der Waals surface area contributed by atoms with Gasteiger partial charge in [0.1, 0.15) is 5.75 Å². The first kappa shape index (κ1) is 24.7. The highest BCUT2D eigenvalue weighted by atomic mass is 35.5. The molecule has 1 atom stereocenters. The molecule has 0 aromatic heterocycles. The number of unbranched alkanes of at least 4 members (excludes halogenated alkanes) is 6. The van der Waals surface area contributed by atoms with Gasteiger partial charge in [0, 0.05) is 22.8 Å². The molecule has 0 amide bonds. The maximum Gasteiger partial charge on any atom is 0.173 e. The lowest BCUT2D eigenvalue weighted by Gasteiger charge is -2.37. The number of nitrogens with zero attached hydrogens (tertiary/aromatic N) is 1. The zero-order chi connectivity index (χ0) is 22.1. The molecule has 1 aliphatic rings. The number of allylic oxidation sites excluding steroid dienone is 1. The van der Waals surface area contributed by atoms with Crippen LogP contribution in [0.5, 0.6) is 5.75 Å². The second-order valence-corrected chi connectivity index (χ2v) is 8.63. The van der Waals surface area contributed by atoms with Crippen LogP contribution < -0.4 is 10.1 Å². The first-order chi connectivity index (χ1) is 14.4. The summed E-state index contributed by atoms with van der Waals surface area (Å²) in [6.45, 7) is 9.18. The molecule has 0 saturated heterocycles. The monoisotopic (exact) mass is 450 g/mol. The van der Waals surface area contributed by atoms with Crippen molar-refractivity contribution in [3.8, 4) is 5.75 Å². The van der Waals surface area contributed by atoms with Crippen LogP contribution in [0.2, 0.25) is 5.02 Å². The van der Waals surface area contributed by atoms with E-state index in [1.54, 1.807) is 6.92 Å². The van der Waals surface area contributed by atoms with Gasteiger partial charge in [0.05, 0.1) is 12.6 Å². The minimum absolute atomic E-state index is 0.0151. The molecule has 0 spiro atoms. The number of ether oxygens (including phenoxy) is 1. The number of benzene rings is 1. The van der Waals surface area contributed by atoms with Crippen molar-refractivity contribution in [2.45, 2.75) is 78.7 Å². The van der Waals surface area contributed by atoms with Crippen LogP contribution in [-0.4, -0.2) is 28.9 Å². The number of hydrogen-bond acceptors (Lipinski definition) is 3. The predicted octanol–water partition coefficient (Wildman–Crippen LogP) is 6.58. The zero-order valence-corrected chi connectivity index (χ0v) is 20.3. The second-order valence-electron chi connectivity index (χ2n) is 7.84. The Kier molecular flexibility index (Phi) is 10.1. The van der Waals surface area contributed by atoms with Gasteiger partial charge in [0.2, 0.25) is 0 Å². The van der Waals surface area contributed by atoms with Gasteiger partial charge in [0.25, 0.3) is 0 Å². The lowest BCUT2D eigenvalue weighted by molar-refractivity contribution is -0.114. The van der Waals surface area contributed by atoms with Gasteiger partial charge in [0.15, 0.2) is 10.9 Å². The van der Waals surface area contributed by atoms with E-state index < -0.39 is 0 Å². The fourth-order valence-electron chi connectivity index (χ4n) is 3.93. The van der Waals surface area contributed by atoms with Crippen molar-refractivity contribution < 1.29 is 9.53 Å². The summed E-state index contributed by atoms with van der Waals surface area (Å²) in [5, 5.41) is 4.47. The van der Waals surface area contributed by atoms with Crippen LogP contribution in [0.1, 0.15) is 84.2 Å². The molecular formula is C24H35ClN2O2S. The Hall–Kier alpha value is -1.59. The Morgan fingerprint density at radius 2 is 1.83 bits per heavy atom. The molecular weight excluding hydrogens is 416 g/mol. The Labute approximate surface area is 192 Å². The van der Waals surface area contributed by atoms with Crippen LogP contribution in [0.15, 0.2) is 29.5 Å². The van der Waals surface area contributed by atoms with Crippen molar-refractivity contribution in [2.24, 2.45) is 0 Å². The highest BCUT2D eigenvalue weighted by molar-refractivity contribution is 7.80. The fourth-order valence-corrected chi connectivity index (χ4v) is 4.60. The normalized spacial score (nSPS) is 16.6. The minimum atomic E-state index is -0.345. The maximum atomic E-state index is 12.4. The van der Waals surface area contributed by atoms with E-state index in [0.29, 0.717) is 28.9 Å². The van der Waals surface area contributed by atoms with E-state index in [4.69, 9.17) is 28.6 Å². The highest BCUT2D eigenvalue weighted by Crippen LogP contribution is 2.36. The number of thiocarbonyl (C=S) groups is 1. The van der Waals surface area contributed by atoms with Gasteiger partial charge in [-0.3, -0.25) is 4.79 Å². The van der Waals surface area contributed by atoms with Gasteiger partial charge < -0.3 is 15.0 Å². The van der Waals surface area contributed by atoms with Crippen molar-refractivity contribution in [3.63, 3.8) is 0 Å². The third kappa shape index (κ3) is 6.45. The van der Waals surface area contributed by atoms with E-state index in [2.05, 4.69) is 12.2 Å². The van der Waals surface area contributed by atoms with Gasteiger partial charge in [-0.15, -0.1) is 0 Å². The largest absolute Gasteiger partial charge is 0.494 e. The molecule has 1 unspecified atom stereocenters. The fraction of sp³-hybridized carbons (Fsp3) is 0.583. The molecule has 1 N–H and O–H groups in total. The molecule has 30 heavy (non-hydrogen) atoms. The van der Waals surface area contributed by atoms with Crippen molar-refractivity contribution >= 4 is 34.7 Å². The van der Waals surface area contributed by atoms with Crippen LogP contribution in [0.4, 0.5) is 0 Å². The molecule has 0 saturated carbocycles. The van der Waals surface area contributed by atoms with Crippen molar-refractivity contribution in [2.75, 3.05) is 13.2 Å². The van der Waals surface area contributed by atoms with Crippen LogP contribution in [0, 0.1) is 0 Å². The number of Topliss-reactive ketones (excluding diaryl/α,β-unsaturated/α-hetero) is 1. The molecule has 1 heterocycles. The van der Waals surface area contributed by atoms with Gasteiger partial charge in [-0.1, -0.05) is 63.1 Å². The van der Waals surface area contributed by atoms with E-state index in [9.17, 15) is 4.79 Å². The summed E-state index contributed by atoms with van der Waals surface area (Å²) in [6.07, 6.45) is 8.77. The SMILES string of the molecule is CCCCCCCCCOc1ccc(C2NC(=S)N(CC)C(C)=C2C(C)=O)c(Cl)c1. The maximum absolute atomic E-state index is 12.4. The number of halogens is 1. The molecule has 2 rings (SSSR count). The van der Waals surface area contributed by atoms with E-state index in [1.165, 1.54) is 38.5 Å². The molecule has 1 aliphatic heterocycles. The lowest BCUT2D eigenvalue weighted by atomic mass is 9.92. The number of nitrogens with one attached hydrogen (secondary N) is 1. The molecule has 6 heteroatoms. The Morgan fingerprint density at radius 1 is 1.17 bits per heavy atom. The number of rotatable bonds is 12. The summed E-state index contributed by atoms with van der Waals surface area (Å²) < 4.78 is 5.89. The number of ketones is 1. The molecule has 0 fully saturated rings. The molecule has 0 aliphatic carbocycles. The smallest absolute Gasteiger partial charge is 0.173 e. The molecule has 4 nitrogen and oxygen atoms in total. The predicted molar refractivity (Wildman–Crippen MR) is 129 cm³/mol.